The van der Waals surface area contributed by atoms with Crippen LogP contribution in [0.5, 0.6) is 0 Å². The Labute approximate surface area is 176 Å². The van der Waals surface area contributed by atoms with E-state index in [0.29, 0.717) is 36.9 Å². The smallest absolute Gasteiger partial charge is 0.264 e. The molecular formula is C22H24N4O3S. The Kier molecular flexibility index (Phi) is 5.34. The minimum Gasteiger partial charge on any atom is -0.307 e. The first-order valence-corrected chi connectivity index (χ1v) is 11.3. The van der Waals surface area contributed by atoms with E-state index in [9.17, 15) is 13.2 Å². The highest BCUT2D eigenvalue weighted by Gasteiger charge is 2.31. The summed E-state index contributed by atoms with van der Waals surface area (Å²) >= 11 is 0. The van der Waals surface area contributed by atoms with Crippen molar-refractivity contribution in [3.63, 3.8) is 0 Å². The van der Waals surface area contributed by atoms with Gasteiger partial charge in [0.25, 0.3) is 15.9 Å². The van der Waals surface area contributed by atoms with Crippen LogP contribution in [-0.4, -0.2) is 30.7 Å². The summed E-state index contributed by atoms with van der Waals surface area (Å²) in [5, 5.41) is 7.06. The first-order chi connectivity index (χ1) is 14.4. The first-order valence-electron chi connectivity index (χ1n) is 9.90. The van der Waals surface area contributed by atoms with Crippen molar-refractivity contribution in [2.24, 2.45) is 5.92 Å². The quantitative estimate of drug-likeness (QED) is 0.656. The second kappa shape index (κ2) is 7.95. The summed E-state index contributed by atoms with van der Waals surface area (Å²) in [5.41, 5.74) is 1.99. The summed E-state index contributed by atoms with van der Waals surface area (Å²) in [7, 11) is -3.76. The van der Waals surface area contributed by atoms with Gasteiger partial charge < -0.3 is 5.32 Å². The van der Waals surface area contributed by atoms with Crippen LogP contribution in [0.3, 0.4) is 0 Å². The van der Waals surface area contributed by atoms with Crippen molar-refractivity contribution in [2.75, 3.05) is 16.2 Å². The van der Waals surface area contributed by atoms with Gasteiger partial charge in [0.15, 0.2) is 0 Å². The van der Waals surface area contributed by atoms with Gasteiger partial charge in [-0.25, -0.2) is 13.1 Å². The predicted molar refractivity (Wildman–Crippen MR) is 116 cm³/mol. The number of benzene rings is 2. The molecule has 1 aromatic heterocycles. The number of nitrogens with zero attached hydrogens (tertiary/aromatic N) is 3. The fraction of sp³-hybridized carbons (Fsp3) is 0.273. The van der Waals surface area contributed by atoms with Crippen molar-refractivity contribution in [1.82, 2.24) is 9.78 Å². The maximum absolute atomic E-state index is 13.2. The standard InChI is InChI=1S/C22H24N4O3S/c1-16(2)15-25-21(10-12-23-25)24-22(27)18-7-5-8-19(14-18)30(28,29)26-13-11-17-6-3-4-9-20(17)26/h3-10,12,14,16H,11,13,15H2,1-2H3,(H,24,27). The normalized spacial score (nSPS) is 13.5. The van der Waals surface area contributed by atoms with Gasteiger partial charge in [-0.1, -0.05) is 38.1 Å². The molecule has 2 heterocycles. The second-order valence-electron chi connectivity index (χ2n) is 7.73. The number of fused-ring (bicyclic) bond motifs is 1. The van der Waals surface area contributed by atoms with Crippen molar-refractivity contribution in [1.29, 1.82) is 0 Å². The lowest BCUT2D eigenvalue weighted by Crippen LogP contribution is -2.29. The second-order valence-corrected chi connectivity index (χ2v) is 9.59. The Balaban J connectivity index is 1.59. The van der Waals surface area contributed by atoms with Crippen LogP contribution in [0.15, 0.2) is 65.7 Å². The van der Waals surface area contributed by atoms with Gasteiger partial charge in [0, 0.05) is 24.7 Å². The molecule has 8 heteroatoms. The van der Waals surface area contributed by atoms with Crippen molar-refractivity contribution in [3.05, 3.63) is 71.9 Å². The molecule has 0 unspecified atom stereocenters. The third-order valence-corrected chi connectivity index (χ3v) is 6.83. The minimum atomic E-state index is -3.76. The summed E-state index contributed by atoms with van der Waals surface area (Å²) in [6, 6.07) is 15.4. The molecule has 1 aliphatic rings. The van der Waals surface area contributed by atoms with Crippen molar-refractivity contribution >= 4 is 27.4 Å². The monoisotopic (exact) mass is 424 g/mol. The Morgan fingerprint density at radius 1 is 1.13 bits per heavy atom. The van der Waals surface area contributed by atoms with E-state index in [1.54, 1.807) is 29.1 Å². The van der Waals surface area contributed by atoms with Crippen LogP contribution >= 0.6 is 0 Å². The number of rotatable bonds is 6. The molecule has 0 saturated heterocycles. The molecule has 0 radical (unpaired) electrons. The molecule has 0 saturated carbocycles. The fourth-order valence-electron chi connectivity index (χ4n) is 3.60. The number of carbonyl (C=O) groups excluding carboxylic acids is 1. The van der Waals surface area contributed by atoms with Crippen LogP contribution < -0.4 is 9.62 Å². The maximum Gasteiger partial charge on any atom is 0.264 e. The minimum absolute atomic E-state index is 0.0996. The summed E-state index contributed by atoms with van der Waals surface area (Å²) in [6.07, 6.45) is 2.30. The number of amides is 1. The Morgan fingerprint density at radius 2 is 1.93 bits per heavy atom. The van der Waals surface area contributed by atoms with E-state index >= 15 is 0 Å². The number of nitrogens with one attached hydrogen (secondary N) is 1. The lowest BCUT2D eigenvalue weighted by Gasteiger charge is -2.20. The van der Waals surface area contributed by atoms with E-state index in [4.69, 9.17) is 0 Å². The van der Waals surface area contributed by atoms with Crippen LogP contribution in [0.4, 0.5) is 11.5 Å². The number of sulfonamides is 1. The SMILES string of the molecule is CC(C)Cn1nccc1NC(=O)c1cccc(S(=O)(=O)N2CCc3ccccc32)c1. The van der Waals surface area contributed by atoms with E-state index in [2.05, 4.69) is 24.3 Å². The highest BCUT2D eigenvalue weighted by molar-refractivity contribution is 7.92. The van der Waals surface area contributed by atoms with E-state index < -0.39 is 10.0 Å². The predicted octanol–water partition coefficient (Wildman–Crippen LogP) is 3.54. The third-order valence-electron chi connectivity index (χ3n) is 5.02. The molecule has 30 heavy (non-hydrogen) atoms. The lowest BCUT2D eigenvalue weighted by molar-refractivity contribution is 0.102. The Hall–Kier alpha value is -3.13. The summed E-state index contributed by atoms with van der Waals surface area (Å²) < 4.78 is 29.6. The fourth-order valence-corrected chi connectivity index (χ4v) is 5.15. The first kappa shape index (κ1) is 20.2. The zero-order valence-electron chi connectivity index (χ0n) is 16.9. The van der Waals surface area contributed by atoms with Crippen molar-refractivity contribution in [3.8, 4) is 0 Å². The van der Waals surface area contributed by atoms with E-state index in [1.807, 2.05) is 24.3 Å². The number of anilines is 2. The summed E-state index contributed by atoms with van der Waals surface area (Å²) in [6.45, 7) is 5.20. The van der Waals surface area contributed by atoms with Gasteiger partial charge in [0.2, 0.25) is 0 Å². The Bertz CT molecular complexity index is 1180. The molecule has 0 bridgehead atoms. The van der Waals surface area contributed by atoms with Crippen LogP contribution in [0, 0.1) is 5.92 Å². The molecule has 1 amide bonds. The average molecular weight is 425 g/mol. The molecule has 7 nitrogen and oxygen atoms in total. The molecule has 0 atom stereocenters. The molecule has 4 rings (SSSR count). The molecule has 0 spiro atoms. The molecule has 3 aromatic rings. The van der Waals surface area contributed by atoms with Crippen LogP contribution in [0.2, 0.25) is 0 Å². The topological polar surface area (TPSA) is 84.3 Å². The Morgan fingerprint density at radius 3 is 2.73 bits per heavy atom. The highest BCUT2D eigenvalue weighted by atomic mass is 32.2. The lowest BCUT2D eigenvalue weighted by atomic mass is 10.2. The number of aromatic nitrogens is 2. The molecule has 0 aliphatic carbocycles. The highest BCUT2D eigenvalue weighted by Crippen LogP contribution is 2.32. The van der Waals surface area contributed by atoms with Gasteiger partial charge in [-0.15, -0.1) is 0 Å². The van der Waals surface area contributed by atoms with E-state index in [0.717, 1.165) is 5.56 Å². The van der Waals surface area contributed by atoms with Gasteiger partial charge in [-0.2, -0.15) is 5.10 Å². The zero-order chi connectivity index (χ0) is 21.3. The van der Waals surface area contributed by atoms with Gasteiger partial charge in [0.1, 0.15) is 5.82 Å². The van der Waals surface area contributed by atoms with E-state index in [1.165, 1.54) is 16.4 Å². The van der Waals surface area contributed by atoms with Gasteiger partial charge >= 0.3 is 0 Å². The largest absolute Gasteiger partial charge is 0.307 e. The third kappa shape index (κ3) is 3.82. The van der Waals surface area contributed by atoms with Crippen LogP contribution in [0.1, 0.15) is 29.8 Å². The number of carbonyl (C=O) groups is 1. The van der Waals surface area contributed by atoms with Gasteiger partial charge in [-0.3, -0.25) is 9.10 Å². The van der Waals surface area contributed by atoms with E-state index in [-0.39, 0.29) is 16.4 Å². The van der Waals surface area contributed by atoms with Gasteiger partial charge in [0.05, 0.1) is 16.8 Å². The number of para-hydroxylation sites is 1. The number of hydrogen-bond donors (Lipinski definition) is 1. The molecule has 156 valence electrons. The average Bonchev–Trinajstić information content (AvgIpc) is 3.35. The van der Waals surface area contributed by atoms with Crippen molar-refractivity contribution in [2.45, 2.75) is 31.7 Å². The molecule has 0 fully saturated rings. The van der Waals surface area contributed by atoms with Crippen LogP contribution in [0.25, 0.3) is 0 Å². The summed E-state index contributed by atoms with van der Waals surface area (Å²) in [4.78, 5) is 12.9. The summed E-state index contributed by atoms with van der Waals surface area (Å²) in [5.74, 6) is 0.576. The van der Waals surface area contributed by atoms with Gasteiger partial charge in [-0.05, 0) is 42.2 Å². The van der Waals surface area contributed by atoms with Crippen LogP contribution in [-0.2, 0) is 23.0 Å². The molecule has 1 aliphatic heterocycles. The molecular weight excluding hydrogens is 400 g/mol. The number of hydrogen-bond acceptors (Lipinski definition) is 4. The molecule has 1 N–H and O–H groups in total. The maximum atomic E-state index is 13.2. The zero-order valence-corrected chi connectivity index (χ0v) is 17.8. The molecule has 2 aromatic carbocycles. The van der Waals surface area contributed by atoms with Crippen molar-refractivity contribution < 1.29 is 13.2 Å².